The van der Waals surface area contributed by atoms with Gasteiger partial charge in [-0.1, -0.05) is 85.0 Å². The largest absolute Gasteiger partial charge is 0.496 e. The lowest BCUT2D eigenvalue weighted by atomic mass is 10.1. The quantitative estimate of drug-likeness (QED) is 0.469. The van der Waals surface area contributed by atoms with Crippen molar-refractivity contribution in [2.75, 3.05) is 13.4 Å². The van der Waals surface area contributed by atoms with Gasteiger partial charge in [0, 0.05) is 15.4 Å². The lowest BCUT2D eigenvalue weighted by Gasteiger charge is -2.47. The van der Waals surface area contributed by atoms with Crippen molar-refractivity contribution in [3.05, 3.63) is 107 Å². The van der Waals surface area contributed by atoms with E-state index in [2.05, 4.69) is 103 Å². The van der Waals surface area contributed by atoms with Crippen LogP contribution in [0.5, 0.6) is 5.75 Å². The summed E-state index contributed by atoms with van der Waals surface area (Å²) in [6.07, 6.45) is 11.9. The highest BCUT2D eigenvalue weighted by atomic mass is 32.3. The Bertz CT molecular complexity index is 1030. The van der Waals surface area contributed by atoms with Gasteiger partial charge in [0.1, 0.15) is 5.75 Å². The summed E-state index contributed by atoms with van der Waals surface area (Å²) >= 11 is 0. The third-order valence-electron chi connectivity index (χ3n) is 6.10. The Kier molecular flexibility index (Phi) is 4.17. The van der Waals surface area contributed by atoms with Crippen molar-refractivity contribution in [1.82, 2.24) is 0 Å². The summed E-state index contributed by atoms with van der Waals surface area (Å²) in [6, 6.07) is 26.2. The van der Waals surface area contributed by atoms with Gasteiger partial charge >= 0.3 is 0 Å². The molecule has 0 amide bonds. The van der Waals surface area contributed by atoms with Gasteiger partial charge in [-0.15, -0.1) is 0 Å². The van der Waals surface area contributed by atoms with Crippen molar-refractivity contribution in [3.8, 4) is 5.75 Å². The fraction of sp³-hybridized carbons (Fsp3) is 0.154. The molecule has 28 heavy (non-hydrogen) atoms. The molecule has 0 radical (unpaired) electrons. The molecule has 3 aromatic rings. The third-order valence-corrected chi connectivity index (χ3v) is 10.3. The van der Waals surface area contributed by atoms with E-state index in [9.17, 15) is 0 Å². The molecule has 0 spiro atoms. The first kappa shape index (κ1) is 17.4. The molecule has 0 aromatic heterocycles. The van der Waals surface area contributed by atoms with Gasteiger partial charge in [-0.25, -0.2) is 0 Å². The number of ether oxygens (including phenoxy) is 1. The van der Waals surface area contributed by atoms with Crippen molar-refractivity contribution in [2.45, 2.75) is 15.4 Å². The highest BCUT2D eigenvalue weighted by molar-refractivity contribution is 8.33. The molecule has 0 saturated carbocycles. The third kappa shape index (κ3) is 2.48. The Morgan fingerprint density at radius 2 is 1.18 bits per heavy atom. The number of para-hydroxylation sites is 1. The number of hydrogen-bond donors (Lipinski definition) is 0. The zero-order chi connectivity index (χ0) is 19.1. The van der Waals surface area contributed by atoms with E-state index in [1.807, 2.05) is 0 Å². The highest BCUT2D eigenvalue weighted by Gasteiger charge is 2.42. The number of hydrogen-bond acceptors (Lipinski definition) is 1. The Hall–Kier alpha value is -2.71. The summed E-state index contributed by atoms with van der Waals surface area (Å²) < 4.78 is 5.86. The summed E-state index contributed by atoms with van der Waals surface area (Å²) in [5, 5.41) is 0.724. The summed E-state index contributed by atoms with van der Waals surface area (Å²) in [4.78, 5) is 1.34. The van der Waals surface area contributed by atoms with Crippen molar-refractivity contribution in [1.29, 1.82) is 0 Å². The molecule has 2 aliphatic carbocycles. The van der Waals surface area contributed by atoms with Gasteiger partial charge in [-0.2, -0.15) is 10.0 Å². The van der Waals surface area contributed by atoms with Crippen molar-refractivity contribution < 1.29 is 4.74 Å². The van der Waals surface area contributed by atoms with Crippen LogP contribution in [-0.2, 0) is 0 Å². The van der Waals surface area contributed by atoms with E-state index in [0.717, 1.165) is 5.75 Å². The monoisotopic (exact) mass is 384 g/mol. The minimum atomic E-state index is -1.34. The van der Waals surface area contributed by atoms with Gasteiger partial charge in [-0.3, -0.25) is 0 Å². The predicted octanol–water partition coefficient (Wildman–Crippen LogP) is 7.02. The molecule has 0 aliphatic heterocycles. The molecule has 0 N–H and O–H groups in total. The average Bonchev–Trinajstić information content (AvgIpc) is 3.38. The first-order chi connectivity index (χ1) is 13.7. The minimum Gasteiger partial charge on any atom is -0.496 e. The summed E-state index contributed by atoms with van der Waals surface area (Å²) in [7, 11) is 0.445. The second kappa shape index (κ2) is 6.72. The lowest BCUT2D eigenvalue weighted by Crippen LogP contribution is -2.15. The second-order valence-corrected chi connectivity index (χ2v) is 11.1. The van der Waals surface area contributed by atoms with Crippen LogP contribution >= 0.6 is 10.0 Å². The maximum Gasteiger partial charge on any atom is 0.130 e. The molecule has 2 aliphatic rings. The molecule has 0 heterocycles. The molecule has 0 bridgehead atoms. The Morgan fingerprint density at radius 1 is 0.679 bits per heavy atom. The Balaban J connectivity index is 1.75. The molecule has 0 fully saturated rings. The zero-order valence-corrected chi connectivity index (χ0v) is 17.0. The lowest BCUT2D eigenvalue weighted by molar-refractivity contribution is 0.404. The van der Waals surface area contributed by atoms with Gasteiger partial charge in [-0.05, 0) is 40.6 Å². The minimum absolute atomic E-state index is 0.362. The summed E-state index contributed by atoms with van der Waals surface area (Å²) in [6.45, 7) is 0. The number of benzene rings is 3. The summed E-state index contributed by atoms with van der Waals surface area (Å²) in [5.74, 6) is 0.996. The van der Waals surface area contributed by atoms with Crippen LogP contribution in [0.25, 0.3) is 12.2 Å². The van der Waals surface area contributed by atoms with Crippen LogP contribution in [0.4, 0.5) is 0 Å². The topological polar surface area (TPSA) is 9.23 Å². The van der Waals surface area contributed by atoms with Crippen molar-refractivity contribution in [3.63, 3.8) is 0 Å². The number of methoxy groups -OCH3 is 1. The van der Waals surface area contributed by atoms with Crippen LogP contribution in [0.3, 0.4) is 0 Å². The van der Waals surface area contributed by atoms with E-state index in [1.165, 1.54) is 27.1 Å². The van der Waals surface area contributed by atoms with Crippen LogP contribution in [0.1, 0.15) is 32.8 Å². The molecule has 2 unspecified atom stereocenters. The summed E-state index contributed by atoms with van der Waals surface area (Å²) in [5.41, 5.74) is 5.56. The van der Waals surface area contributed by atoms with E-state index in [4.69, 9.17) is 4.74 Å². The van der Waals surface area contributed by atoms with Crippen LogP contribution in [0.2, 0.25) is 0 Å². The highest BCUT2D eigenvalue weighted by Crippen LogP contribution is 2.76. The van der Waals surface area contributed by atoms with Crippen LogP contribution in [-0.4, -0.2) is 13.4 Å². The van der Waals surface area contributed by atoms with Crippen molar-refractivity contribution in [2.24, 2.45) is 0 Å². The van der Waals surface area contributed by atoms with Gasteiger partial charge in [0.15, 0.2) is 0 Å². The molecule has 2 atom stereocenters. The molecule has 3 aromatic carbocycles. The number of fused-ring (bicyclic) bond motifs is 2. The number of rotatable bonds is 4. The second-order valence-electron chi connectivity index (χ2n) is 7.52. The smallest absolute Gasteiger partial charge is 0.130 e. The fourth-order valence-corrected chi connectivity index (χ4v) is 8.81. The van der Waals surface area contributed by atoms with Gasteiger partial charge in [0.2, 0.25) is 0 Å². The van der Waals surface area contributed by atoms with Crippen LogP contribution < -0.4 is 4.74 Å². The van der Waals surface area contributed by atoms with Gasteiger partial charge in [0.05, 0.1) is 7.11 Å². The van der Waals surface area contributed by atoms with Gasteiger partial charge in [0.25, 0.3) is 0 Å². The Morgan fingerprint density at radius 3 is 1.75 bits per heavy atom. The van der Waals surface area contributed by atoms with Crippen LogP contribution in [0, 0.1) is 0 Å². The Labute approximate surface area is 168 Å². The first-order valence-electron chi connectivity index (χ1n) is 9.67. The fourth-order valence-electron chi connectivity index (χ4n) is 4.70. The molecule has 140 valence electrons. The maximum absolute atomic E-state index is 5.86. The van der Waals surface area contributed by atoms with Crippen molar-refractivity contribution >= 4 is 22.2 Å². The molecular formula is C26H24OS. The van der Waals surface area contributed by atoms with E-state index < -0.39 is 10.0 Å². The molecule has 5 rings (SSSR count). The maximum atomic E-state index is 5.86. The zero-order valence-electron chi connectivity index (χ0n) is 16.2. The van der Waals surface area contributed by atoms with Gasteiger partial charge < -0.3 is 4.74 Å². The average molecular weight is 385 g/mol. The SMILES string of the molecule is COc1ccccc1S(C)(C1C=Cc2ccccc21)C1C=Cc2ccccc21. The molecular weight excluding hydrogens is 360 g/mol. The molecule has 0 saturated heterocycles. The standard InChI is InChI=1S/C26H24OS/c1-27-23-13-7-8-14-26(23)28(2,24-17-15-19-9-3-5-11-21(19)24)25-18-16-20-10-4-6-12-22(20)25/h3-18,24-25H,1-2H3. The normalized spacial score (nSPS) is 22.4. The first-order valence-corrected chi connectivity index (χ1v) is 11.8. The molecule has 2 heteroatoms. The van der Waals surface area contributed by atoms with E-state index in [-0.39, 0.29) is 0 Å². The predicted molar refractivity (Wildman–Crippen MR) is 121 cm³/mol. The van der Waals surface area contributed by atoms with E-state index in [1.54, 1.807) is 7.11 Å². The van der Waals surface area contributed by atoms with E-state index in [0.29, 0.717) is 10.5 Å². The van der Waals surface area contributed by atoms with Crippen LogP contribution in [0.15, 0.2) is 89.8 Å². The van der Waals surface area contributed by atoms with E-state index >= 15 is 0 Å². The molecule has 1 nitrogen and oxygen atoms in total.